The predicted octanol–water partition coefficient (Wildman–Crippen LogP) is 2.45. The zero-order chi connectivity index (χ0) is 12.8. The number of hydrogen-bond donors (Lipinski definition) is 1. The lowest BCUT2D eigenvalue weighted by Gasteiger charge is -2.30. The number of anilines is 1. The maximum absolute atomic E-state index is 13.5. The monoisotopic (exact) mass is 236 g/mol. The molecule has 0 atom stereocenters. The summed E-state index contributed by atoms with van der Waals surface area (Å²) in [6, 6.07) is 6.94. The van der Waals surface area contributed by atoms with Gasteiger partial charge in [-0.25, -0.2) is 4.39 Å². The van der Waals surface area contributed by atoms with Gasteiger partial charge in [0.25, 0.3) is 0 Å². The molecule has 0 fully saturated rings. The van der Waals surface area contributed by atoms with Gasteiger partial charge in [-0.15, -0.1) is 0 Å². The van der Waals surface area contributed by atoms with Crippen molar-refractivity contribution in [2.45, 2.75) is 32.9 Å². The Morgan fingerprint density at radius 3 is 2.71 bits per heavy atom. The maximum Gasteiger partial charge on any atom is 0.130 e. The van der Waals surface area contributed by atoms with Crippen LogP contribution in [0.5, 0.6) is 0 Å². The largest absolute Gasteiger partial charge is 0.391 e. The van der Waals surface area contributed by atoms with Gasteiger partial charge in [-0.05, 0) is 26.0 Å². The average molecular weight is 236 g/mol. The van der Waals surface area contributed by atoms with Gasteiger partial charge in [-0.2, -0.15) is 5.26 Å². The summed E-state index contributed by atoms with van der Waals surface area (Å²) in [4.78, 5) is 1.93. The standard InChI is InChI=1S/C13H17FN2O/c1-10(2)16(8-4-7-15)13-6-3-5-12(14)11(13)9-17/h3,5-6,10,17H,4,8-9H2,1-2H3. The van der Waals surface area contributed by atoms with E-state index in [9.17, 15) is 9.50 Å². The molecule has 0 radical (unpaired) electrons. The third-order valence-corrected chi connectivity index (χ3v) is 2.65. The van der Waals surface area contributed by atoms with Crippen LogP contribution in [0.25, 0.3) is 0 Å². The second-order valence-corrected chi connectivity index (χ2v) is 4.09. The van der Waals surface area contributed by atoms with Crippen LogP contribution in [0.1, 0.15) is 25.8 Å². The van der Waals surface area contributed by atoms with E-state index in [2.05, 4.69) is 6.07 Å². The highest BCUT2D eigenvalue weighted by atomic mass is 19.1. The lowest BCUT2D eigenvalue weighted by molar-refractivity contribution is 0.276. The summed E-state index contributed by atoms with van der Waals surface area (Å²) in [5, 5.41) is 17.8. The molecule has 0 aliphatic carbocycles. The molecule has 1 aromatic carbocycles. The summed E-state index contributed by atoms with van der Waals surface area (Å²) >= 11 is 0. The molecule has 1 rings (SSSR count). The zero-order valence-electron chi connectivity index (χ0n) is 10.2. The molecule has 0 bridgehead atoms. The molecule has 0 heterocycles. The molecule has 0 spiro atoms. The van der Waals surface area contributed by atoms with E-state index in [-0.39, 0.29) is 12.6 Å². The molecule has 92 valence electrons. The van der Waals surface area contributed by atoms with Crippen molar-refractivity contribution in [1.82, 2.24) is 0 Å². The zero-order valence-corrected chi connectivity index (χ0v) is 10.2. The van der Waals surface area contributed by atoms with E-state index in [1.54, 1.807) is 12.1 Å². The summed E-state index contributed by atoms with van der Waals surface area (Å²) in [7, 11) is 0. The van der Waals surface area contributed by atoms with Crippen LogP contribution < -0.4 is 4.90 Å². The second kappa shape index (κ2) is 6.21. The first-order valence-corrected chi connectivity index (χ1v) is 5.63. The van der Waals surface area contributed by atoms with E-state index in [1.807, 2.05) is 18.7 Å². The van der Waals surface area contributed by atoms with Gasteiger partial charge in [0, 0.05) is 23.8 Å². The highest BCUT2D eigenvalue weighted by molar-refractivity contribution is 5.54. The van der Waals surface area contributed by atoms with Gasteiger partial charge < -0.3 is 10.0 Å². The molecule has 0 aromatic heterocycles. The van der Waals surface area contributed by atoms with Gasteiger partial charge in [-0.3, -0.25) is 0 Å². The fraction of sp³-hybridized carbons (Fsp3) is 0.462. The van der Waals surface area contributed by atoms with Gasteiger partial charge in [-0.1, -0.05) is 6.07 Å². The molecular weight excluding hydrogens is 219 g/mol. The van der Waals surface area contributed by atoms with Gasteiger partial charge in [0.05, 0.1) is 19.1 Å². The van der Waals surface area contributed by atoms with Crippen LogP contribution in [-0.4, -0.2) is 17.7 Å². The number of rotatable bonds is 5. The summed E-state index contributed by atoms with van der Waals surface area (Å²) in [6.07, 6.45) is 0.375. The Morgan fingerprint density at radius 1 is 1.47 bits per heavy atom. The fourth-order valence-electron chi connectivity index (χ4n) is 1.80. The van der Waals surface area contributed by atoms with Gasteiger partial charge in [0.1, 0.15) is 5.82 Å². The lowest BCUT2D eigenvalue weighted by Crippen LogP contribution is -2.32. The molecule has 4 heteroatoms. The fourth-order valence-corrected chi connectivity index (χ4v) is 1.80. The number of hydrogen-bond acceptors (Lipinski definition) is 3. The summed E-state index contributed by atoms with van der Waals surface area (Å²) in [5.41, 5.74) is 0.955. The third kappa shape index (κ3) is 3.18. The Kier molecular flexibility index (Phi) is 4.92. The van der Waals surface area contributed by atoms with Crippen molar-refractivity contribution in [3.05, 3.63) is 29.6 Å². The number of nitrogens with zero attached hydrogens (tertiary/aromatic N) is 2. The van der Waals surface area contributed by atoms with Crippen LogP contribution in [0.2, 0.25) is 0 Å². The molecule has 0 saturated heterocycles. The summed E-state index contributed by atoms with van der Waals surface area (Å²) < 4.78 is 13.5. The number of nitriles is 1. The van der Waals surface area contributed by atoms with E-state index in [1.165, 1.54) is 6.07 Å². The van der Waals surface area contributed by atoms with E-state index in [0.29, 0.717) is 24.2 Å². The topological polar surface area (TPSA) is 47.3 Å². The van der Waals surface area contributed by atoms with E-state index in [4.69, 9.17) is 5.26 Å². The van der Waals surface area contributed by atoms with Crippen LogP contribution in [0.15, 0.2) is 18.2 Å². The van der Waals surface area contributed by atoms with Crippen LogP contribution >= 0.6 is 0 Å². The van der Waals surface area contributed by atoms with Crippen molar-refractivity contribution in [2.24, 2.45) is 0 Å². The van der Waals surface area contributed by atoms with Crippen LogP contribution in [-0.2, 0) is 6.61 Å². The average Bonchev–Trinajstić information content (AvgIpc) is 2.29. The Labute approximate surface area is 101 Å². The molecule has 0 saturated carbocycles. The lowest BCUT2D eigenvalue weighted by atomic mass is 10.1. The number of aliphatic hydroxyl groups is 1. The third-order valence-electron chi connectivity index (χ3n) is 2.65. The van der Waals surface area contributed by atoms with E-state index >= 15 is 0 Å². The predicted molar refractivity (Wildman–Crippen MR) is 65.0 cm³/mol. The smallest absolute Gasteiger partial charge is 0.130 e. The Balaban J connectivity index is 3.09. The van der Waals surface area contributed by atoms with Crippen LogP contribution in [0.4, 0.5) is 10.1 Å². The first kappa shape index (κ1) is 13.5. The molecule has 1 aromatic rings. The van der Waals surface area contributed by atoms with Crippen molar-refractivity contribution in [2.75, 3.05) is 11.4 Å². The van der Waals surface area contributed by atoms with Gasteiger partial charge in [0.2, 0.25) is 0 Å². The SMILES string of the molecule is CC(C)N(CCC#N)c1cccc(F)c1CO. The summed E-state index contributed by atoms with van der Waals surface area (Å²) in [6.45, 7) is 4.15. The van der Waals surface area contributed by atoms with Gasteiger partial charge in [0.15, 0.2) is 0 Å². The Hall–Kier alpha value is -1.60. The molecule has 1 N–H and O–H groups in total. The molecule has 0 amide bonds. The quantitative estimate of drug-likeness (QED) is 0.854. The minimum Gasteiger partial charge on any atom is -0.391 e. The van der Waals surface area contributed by atoms with Crippen molar-refractivity contribution >= 4 is 5.69 Å². The number of aliphatic hydroxyl groups excluding tert-OH is 1. The summed E-state index contributed by atoms with van der Waals surface area (Å²) in [5.74, 6) is -0.410. The maximum atomic E-state index is 13.5. The highest BCUT2D eigenvalue weighted by Gasteiger charge is 2.16. The first-order chi connectivity index (χ1) is 8.11. The first-order valence-electron chi connectivity index (χ1n) is 5.63. The Bertz CT molecular complexity index is 412. The molecule has 0 aliphatic rings. The molecule has 3 nitrogen and oxygen atoms in total. The van der Waals surface area contributed by atoms with Crippen LogP contribution in [0.3, 0.4) is 0 Å². The molecule has 0 unspecified atom stereocenters. The molecule has 17 heavy (non-hydrogen) atoms. The van der Waals surface area contributed by atoms with Crippen molar-refractivity contribution in [3.63, 3.8) is 0 Å². The minimum atomic E-state index is -0.410. The molecular formula is C13H17FN2O. The Morgan fingerprint density at radius 2 is 2.18 bits per heavy atom. The van der Waals surface area contributed by atoms with Crippen LogP contribution in [0, 0.1) is 17.1 Å². The highest BCUT2D eigenvalue weighted by Crippen LogP contribution is 2.25. The number of halogens is 1. The van der Waals surface area contributed by atoms with E-state index in [0.717, 1.165) is 0 Å². The number of benzene rings is 1. The minimum absolute atomic E-state index is 0.149. The molecule has 0 aliphatic heterocycles. The van der Waals surface area contributed by atoms with Crippen molar-refractivity contribution in [1.29, 1.82) is 5.26 Å². The van der Waals surface area contributed by atoms with Gasteiger partial charge >= 0.3 is 0 Å². The van der Waals surface area contributed by atoms with Crippen molar-refractivity contribution < 1.29 is 9.50 Å². The van der Waals surface area contributed by atoms with Crippen molar-refractivity contribution in [3.8, 4) is 6.07 Å². The van der Waals surface area contributed by atoms with E-state index < -0.39 is 5.82 Å². The normalized spacial score (nSPS) is 10.4. The second-order valence-electron chi connectivity index (χ2n) is 4.09.